The summed E-state index contributed by atoms with van der Waals surface area (Å²) in [7, 11) is 0. The van der Waals surface area contributed by atoms with Crippen molar-refractivity contribution in [2.45, 2.75) is 31.1 Å². The fourth-order valence-electron chi connectivity index (χ4n) is 4.44. The van der Waals surface area contributed by atoms with Crippen molar-refractivity contribution in [1.82, 2.24) is 25.2 Å². The molecule has 44 heavy (non-hydrogen) atoms. The molecule has 1 aliphatic rings. The summed E-state index contributed by atoms with van der Waals surface area (Å²) < 4.78 is 80.0. The van der Waals surface area contributed by atoms with Crippen molar-refractivity contribution in [3.8, 4) is 17.9 Å². The minimum Gasteiger partial charge on any atom is -0.489 e. The van der Waals surface area contributed by atoms with Gasteiger partial charge in [0.1, 0.15) is 47.9 Å². The van der Waals surface area contributed by atoms with Gasteiger partial charge in [-0.3, -0.25) is 4.98 Å². The second kappa shape index (κ2) is 12.5. The Hall–Kier alpha value is -5.40. The van der Waals surface area contributed by atoms with Crippen molar-refractivity contribution in [2.75, 3.05) is 0 Å². The lowest BCUT2D eigenvalue weighted by molar-refractivity contribution is -0.207. The third-order valence-electron chi connectivity index (χ3n) is 6.79. The van der Waals surface area contributed by atoms with Gasteiger partial charge in [-0.05, 0) is 71.0 Å². The molecule has 0 radical (unpaired) electrons. The van der Waals surface area contributed by atoms with E-state index < -0.39 is 46.8 Å². The Labute approximate surface area is 247 Å². The number of halogens is 5. The molecule has 0 saturated heterocycles. The van der Waals surface area contributed by atoms with E-state index in [1.165, 1.54) is 24.3 Å². The van der Waals surface area contributed by atoms with Gasteiger partial charge in [0.15, 0.2) is 5.60 Å². The van der Waals surface area contributed by atoms with Gasteiger partial charge in [0, 0.05) is 29.3 Å². The molecule has 5 rings (SSSR count). The Kier molecular flexibility index (Phi) is 8.51. The van der Waals surface area contributed by atoms with Crippen molar-refractivity contribution < 1.29 is 31.8 Å². The van der Waals surface area contributed by atoms with E-state index >= 15 is 8.78 Å². The zero-order valence-corrected chi connectivity index (χ0v) is 22.6. The predicted molar refractivity (Wildman–Crippen MR) is 144 cm³/mol. The summed E-state index contributed by atoms with van der Waals surface area (Å²) in [6, 6.07) is 10.1. The molecule has 0 spiro atoms. The summed E-state index contributed by atoms with van der Waals surface area (Å²) in [5.41, 5.74) is -4.11. The minimum atomic E-state index is -4.18. The maximum Gasteiger partial charge on any atom is 0.323 e. The number of aromatic nitrogens is 5. The number of nitrogens with zero attached hydrogens (tertiary/aromatic N) is 6. The number of nitriles is 1. The van der Waals surface area contributed by atoms with E-state index in [9.17, 15) is 18.3 Å². The highest BCUT2D eigenvalue weighted by Crippen LogP contribution is 2.46. The summed E-state index contributed by atoms with van der Waals surface area (Å²) >= 11 is 0. The summed E-state index contributed by atoms with van der Waals surface area (Å²) in [6.07, 6.45) is 7.91. The number of tetrazole rings is 1. The molecule has 0 bridgehead atoms. The molecule has 1 N–H and O–H groups in total. The Balaban J connectivity index is 1.27. The Morgan fingerprint density at radius 2 is 1.91 bits per heavy atom. The van der Waals surface area contributed by atoms with Crippen molar-refractivity contribution in [3.05, 3.63) is 130 Å². The lowest BCUT2D eigenvalue weighted by Crippen LogP contribution is -2.48. The van der Waals surface area contributed by atoms with E-state index in [2.05, 4.69) is 32.4 Å². The molecule has 2 heterocycles. The van der Waals surface area contributed by atoms with Gasteiger partial charge in [0.25, 0.3) is 0 Å². The molecule has 2 atom stereocenters. The van der Waals surface area contributed by atoms with E-state index in [0.717, 1.165) is 35.4 Å². The summed E-state index contributed by atoms with van der Waals surface area (Å²) in [5, 5.41) is 30.4. The fourth-order valence-corrected chi connectivity index (χ4v) is 4.44. The molecule has 2 unspecified atom stereocenters. The molecule has 8 nitrogen and oxygen atoms in total. The van der Waals surface area contributed by atoms with Crippen LogP contribution in [0.4, 0.5) is 22.0 Å². The second-order valence-corrected chi connectivity index (χ2v) is 9.79. The van der Waals surface area contributed by atoms with Crippen molar-refractivity contribution >= 4 is 0 Å². The number of rotatable bonds is 8. The average Bonchev–Trinajstić information content (AvgIpc) is 3.53. The molecule has 0 amide bonds. The van der Waals surface area contributed by atoms with Gasteiger partial charge in [0.2, 0.25) is 0 Å². The van der Waals surface area contributed by atoms with E-state index in [-0.39, 0.29) is 18.1 Å². The molecule has 1 aliphatic carbocycles. The lowest BCUT2D eigenvalue weighted by atomic mass is 9.84. The largest absolute Gasteiger partial charge is 0.489 e. The summed E-state index contributed by atoms with van der Waals surface area (Å²) in [6.45, 7) is -0.820. The zero-order chi connectivity index (χ0) is 31.3. The van der Waals surface area contributed by atoms with Crippen LogP contribution in [-0.2, 0) is 29.4 Å². The molecular formula is C31H21F5N6O2. The van der Waals surface area contributed by atoms with Crippen LogP contribution in [0.5, 0.6) is 0 Å². The number of benzene rings is 2. The number of pyridine rings is 1. The monoisotopic (exact) mass is 604 g/mol. The quantitative estimate of drug-likeness (QED) is 0.221. The second-order valence-electron chi connectivity index (χ2n) is 9.79. The lowest BCUT2D eigenvalue weighted by Gasteiger charge is -2.35. The molecule has 0 fully saturated rings. The van der Waals surface area contributed by atoms with Gasteiger partial charge in [-0.15, -0.1) is 5.10 Å². The first-order valence-electron chi connectivity index (χ1n) is 13.0. The highest BCUT2D eigenvalue weighted by molar-refractivity contribution is 5.38. The third kappa shape index (κ3) is 6.33. The van der Waals surface area contributed by atoms with E-state index in [0.29, 0.717) is 29.4 Å². The van der Waals surface area contributed by atoms with Crippen LogP contribution in [0.25, 0.3) is 0 Å². The minimum absolute atomic E-state index is 0.0670. The smallest absolute Gasteiger partial charge is 0.323 e. The molecule has 0 saturated carbocycles. The Bertz CT molecular complexity index is 1820. The number of hydrogen-bond donors (Lipinski definition) is 1. The van der Waals surface area contributed by atoms with Crippen LogP contribution in [0, 0.1) is 46.5 Å². The van der Waals surface area contributed by atoms with E-state index in [1.807, 2.05) is 6.08 Å². The van der Waals surface area contributed by atoms with E-state index in [4.69, 9.17) is 10.00 Å². The highest BCUT2D eigenvalue weighted by Gasteiger charge is 2.58. The van der Waals surface area contributed by atoms with Crippen LogP contribution in [0.1, 0.15) is 34.4 Å². The van der Waals surface area contributed by atoms with Crippen molar-refractivity contribution in [2.24, 2.45) is 5.92 Å². The number of aliphatic hydroxyl groups is 1. The van der Waals surface area contributed by atoms with Crippen molar-refractivity contribution in [3.63, 3.8) is 0 Å². The van der Waals surface area contributed by atoms with Crippen molar-refractivity contribution in [1.29, 1.82) is 5.26 Å². The Morgan fingerprint density at radius 3 is 2.57 bits per heavy atom. The molecular weight excluding hydrogens is 583 g/mol. The number of hydrogen-bond acceptors (Lipinski definition) is 7. The van der Waals surface area contributed by atoms with Gasteiger partial charge < -0.3 is 9.84 Å². The molecule has 0 aliphatic heterocycles. The SMILES string of the molecule is N#Cc1cc(COC2=CCC(C#Cc3ccc(C(F)(F)C(O)(Cn4cnnn4)c4ccc(F)cc4F)nc3)C=C2)ccc1F. The van der Waals surface area contributed by atoms with Crippen LogP contribution < -0.4 is 0 Å². The normalized spacial score (nSPS) is 15.8. The molecule has 2 aromatic heterocycles. The Morgan fingerprint density at radius 1 is 1.07 bits per heavy atom. The maximum absolute atomic E-state index is 15.9. The van der Waals surface area contributed by atoms with Crippen LogP contribution >= 0.6 is 0 Å². The molecule has 13 heteroatoms. The highest BCUT2D eigenvalue weighted by atomic mass is 19.3. The van der Waals surface area contributed by atoms with E-state index in [1.54, 1.807) is 18.2 Å². The number of allylic oxidation sites excluding steroid dienone is 3. The maximum atomic E-state index is 15.9. The fraction of sp³-hybridized carbons (Fsp3) is 0.194. The average molecular weight is 605 g/mol. The van der Waals surface area contributed by atoms with Gasteiger partial charge in [-0.2, -0.15) is 14.0 Å². The predicted octanol–water partition coefficient (Wildman–Crippen LogP) is 5.07. The summed E-state index contributed by atoms with van der Waals surface area (Å²) in [4.78, 5) is 3.80. The van der Waals surface area contributed by atoms with Crippen LogP contribution in [-0.4, -0.2) is 30.3 Å². The van der Waals surface area contributed by atoms with Gasteiger partial charge in [0.05, 0.1) is 12.1 Å². The third-order valence-corrected chi connectivity index (χ3v) is 6.79. The number of alkyl halides is 2. The molecule has 222 valence electrons. The first kappa shape index (κ1) is 30.1. The van der Waals surface area contributed by atoms with Gasteiger partial charge >= 0.3 is 5.92 Å². The first-order chi connectivity index (χ1) is 21.1. The topological polar surface area (TPSA) is 110 Å². The number of ether oxygens (including phenoxy) is 1. The van der Waals surface area contributed by atoms with Gasteiger partial charge in [-0.25, -0.2) is 17.9 Å². The standard InChI is InChI=1S/C31H21F5N6O2/c32-24-7-10-26(28(34)14-24)30(43,18-42-19-39-40-41-42)31(35,36)29-12-6-21(16-38-29)2-1-20-3-8-25(9-4-20)44-17-22-5-11-27(33)23(13-22)15-37/h3,5-14,16,19-20,43H,4,17-18H2. The molecule has 4 aromatic rings. The van der Waals surface area contributed by atoms with Gasteiger partial charge in [-0.1, -0.05) is 24.0 Å². The first-order valence-corrected chi connectivity index (χ1v) is 13.0. The van der Waals surface area contributed by atoms with Crippen LogP contribution in [0.3, 0.4) is 0 Å². The van der Waals surface area contributed by atoms with Crippen LogP contribution in [0.15, 0.2) is 85.0 Å². The van der Waals surface area contributed by atoms with Crippen LogP contribution in [0.2, 0.25) is 0 Å². The summed E-state index contributed by atoms with van der Waals surface area (Å²) in [5.74, 6) is -0.925. The molecule has 2 aromatic carbocycles. The zero-order valence-electron chi connectivity index (χ0n) is 22.6.